The molecule has 0 heterocycles. The molecule has 0 aromatic heterocycles. The second kappa shape index (κ2) is 7.32. The maximum absolute atomic E-state index is 14.0. The average Bonchev–Trinajstić information content (AvgIpc) is 3.34. The highest BCUT2D eigenvalue weighted by atomic mass is 35.5. The molecule has 3 rings (SSSR count). The molecule has 1 aliphatic rings. The van der Waals surface area contributed by atoms with Gasteiger partial charge < -0.3 is 10.6 Å². The standard InChI is InChI=1S/C19H20ClFN2O/c1-2-22-11-12-6-3-4-9-17(12)23-19(24)14-10-13(14)18-15(20)7-5-8-16(18)21/h3-9,13-14,22H,2,10-11H2,1H3,(H,23,24). The number of hydrogen-bond acceptors (Lipinski definition) is 2. The van der Waals surface area contributed by atoms with Gasteiger partial charge in [-0.05, 0) is 36.7 Å². The molecule has 24 heavy (non-hydrogen) atoms. The minimum atomic E-state index is -0.338. The molecule has 1 aliphatic carbocycles. The first kappa shape index (κ1) is 16.9. The van der Waals surface area contributed by atoms with Crippen molar-refractivity contribution in [1.82, 2.24) is 5.32 Å². The summed E-state index contributed by atoms with van der Waals surface area (Å²) in [4.78, 5) is 12.5. The predicted molar refractivity (Wildman–Crippen MR) is 94.7 cm³/mol. The van der Waals surface area contributed by atoms with Crippen LogP contribution in [0.25, 0.3) is 0 Å². The zero-order chi connectivity index (χ0) is 17.1. The molecule has 0 spiro atoms. The molecule has 1 fully saturated rings. The first-order chi connectivity index (χ1) is 11.6. The summed E-state index contributed by atoms with van der Waals surface area (Å²) < 4.78 is 14.0. The van der Waals surface area contributed by atoms with Crippen LogP contribution >= 0.6 is 11.6 Å². The number of anilines is 1. The van der Waals surface area contributed by atoms with Crippen LogP contribution in [0.1, 0.15) is 30.4 Å². The van der Waals surface area contributed by atoms with Crippen molar-refractivity contribution < 1.29 is 9.18 Å². The number of nitrogens with one attached hydrogen (secondary N) is 2. The molecule has 2 N–H and O–H groups in total. The number of rotatable bonds is 6. The second-order valence-electron chi connectivity index (χ2n) is 6.01. The van der Waals surface area contributed by atoms with Gasteiger partial charge in [0, 0.05) is 34.7 Å². The lowest BCUT2D eigenvalue weighted by Gasteiger charge is -2.11. The van der Waals surface area contributed by atoms with E-state index in [0.29, 0.717) is 23.6 Å². The minimum absolute atomic E-state index is 0.0803. The van der Waals surface area contributed by atoms with Crippen LogP contribution in [0.4, 0.5) is 10.1 Å². The molecule has 3 nitrogen and oxygen atoms in total. The molecular weight excluding hydrogens is 327 g/mol. The molecular formula is C19H20ClFN2O. The van der Waals surface area contributed by atoms with Crippen LogP contribution < -0.4 is 10.6 Å². The smallest absolute Gasteiger partial charge is 0.228 e. The van der Waals surface area contributed by atoms with Crippen molar-refractivity contribution in [3.05, 3.63) is 64.4 Å². The maximum atomic E-state index is 14.0. The fraction of sp³-hybridized carbons (Fsp3) is 0.316. The van der Waals surface area contributed by atoms with Gasteiger partial charge in [0.05, 0.1) is 0 Å². The zero-order valence-corrected chi connectivity index (χ0v) is 14.2. The Morgan fingerprint density at radius 2 is 2.04 bits per heavy atom. The van der Waals surface area contributed by atoms with Crippen LogP contribution in [0.2, 0.25) is 5.02 Å². The maximum Gasteiger partial charge on any atom is 0.228 e. The van der Waals surface area contributed by atoms with E-state index >= 15 is 0 Å². The molecule has 2 aromatic rings. The Bertz CT molecular complexity index is 730. The van der Waals surface area contributed by atoms with Gasteiger partial charge in [0.2, 0.25) is 5.91 Å². The van der Waals surface area contributed by atoms with Crippen LogP contribution in [-0.4, -0.2) is 12.5 Å². The van der Waals surface area contributed by atoms with E-state index in [1.807, 2.05) is 31.2 Å². The van der Waals surface area contributed by atoms with E-state index in [0.717, 1.165) is 17.8 Å². The van der Waals surface area contributed by atoms with Crippen LogP contribution in [0.15, 0.2) is 42.5 Å². The van der Waals surface area contributed by atoms with E-state index in [9.17, 15) is 9.18 Å². The largest absolute Gasteiger partial charge is 0.326 e. The Labute approximate surface area is 146 Å². The summed E-state index contributed by atoms with van der Waals surface area (Å²) in [6, 6.07) is 12.3. The fourth-order valence-electron chi connectivity index (χ4n) is 2.95. The average molecular weight is 347 g/mol. The van der Waals surface area contributed by atoms with E-state index in [1.54, 1.807) is 12.1 Å². The Morgan fingerprint density at radius 1 is 1.25 bits per heavy atom. The van der Waals surface area contributed by atoms with E-state index in [4.69, 9.17) is 11.6 Å². The zero-order valence-electron chi connectivity index (χ0n) is 13.5. The Hall–Kier alpha value is -1.91. The molecule has 5 heteroatoms. The first-order valence-corrected chi connectivity index (χ1v) is 8.53. The molecule has 2 unspecified atom stereocenters. The van der Waals surface area contributed by atoms with E-state index < -0.39 is 0 Å². The molecule has 2 atom stereocenters. The summed E-state index contributed by atoms with van der Waals surface area (Å²) in [7, 11) is 0. The number of amides is 1. The molecule has 1 saturated carbocycles. The Kier molecular flexibility index (Phi) is 5.17. The number of benzene rings is 2. The number of carbonyl (C=O) groups is 1. The monoisotopic (exact) mass is 346 g/mol. The number of hydrogen-bond donors (Lipinski definition) is 2. The highest BCUT2D eigenvalue weighted by Gasteiger charge is 2.46. The molecule has 1 amide bonds. The van der Waals surface area contributed by atoms with Crippen molar-refractivity contribution in [3.63, 3.8) is 0 Å². The third kappa shape index (κ3) is 3.60. The van der Waals surface area contributed by atoms with Crippen LogP contribution in [0, 0.1) is 11.7 Å². The highest BCUT2D eigenvalue weighted by Crippen LogP contribution is 2.51. The van der Waals surface area contributed by atoms with Crippen molar-refractivity contribution in [2.75, 3.05) is 11.9 Å². The topological polar surface area (TPSA) is 41.1 Å². The van der Waals surface area contributed by atoms with Gasteiger partial charge in [0.25, 0.3) is 0 Å². The summed E-state index contributed by atoms with van der Waals surface area (Å²) >= 11 is 6.10. The molecule has 126 valence electrons. The van der Waals surface area contributed by atoms with Gasteiger partial charge in [-0.3, -0.25) is 4.79 Å². The van der Waals surface area contributed by atoms with Crippen molar-refractivity contribution >= 4 is 23.2 Å². The third-order valence-electron chi connectivity index (χ3n) is 4.34. The fourth-order valence-corrected chi connectivity index (χ4v) is 3.25. The molecule has 0 aliphatic heterocycles. The van der Waals surface area contributed by atoms with Gasteiger partial charge in [0.15, 0.2) is 0 Å². The summed E-state index contributed by atoms with van der Waals surface area (Å²) in [5.41, 5.74) is 2.29. The van der Waals surface area contributed by atoms with Crippen LogP contribution in [-0.2, 0) is 11.3 Å². The predicted octanol–water partition coefficient (Wildman–Crippen LogP) is 4.33. The van der Waals surface area contributed by atoms with E-state index in [2.05, 4.69) is 10.6 Å². The van der Waals surface area contributed by atoms with Crippen molar-refractivity contribution in [1.29, 1.82) is 0 Å². The van der Waals surface area contributed by atoms with Gasteiger partial charge in [-0.2, -0.15) is 0 Å². The van der Waals surface area contributed by atoms with E-state index in [1.165, 1.54) is 6.07 Å². The summed E-state index contributed by atoms with van der Waals surface area (Å²) in [5.74, 6) is -0.787. The quantitative estimate of drug-likeness (QED) is 0.817. The summed E-state index contributed by atoms with van der Waals surface area (Å²) in [6.45, 7) is 3.59. The van der Waals surface area contributed by atoms with Crippen molar-refractivity contribution in [3.8, 4) is 0 Å². The van der Waals surface area contributed by atoms with Gasteiger partial charge in [-0.15, -0.1) is 0 Å². The highest BCUT2D eigenvalue weighted by molar-refractivity contribution is 6.31. The molecule has 0 radical (unpaired) electrons. The first-order valence-electron chi connectivity index (χ1n) is 8.15. The lowest BCUT2D eigenvalue weighted by Crippen LogP contribution is -2.18. The van der Waals surface area contributed by atoms with Crippen LogP contribution in [0.3, 0.4) is 0 Å². The normalized spacial score (nSPS) is 19.1. The second-order valence-corrected chi connectivity index (χ2v) is 6.42. The SMILES string of the molecule is CCNCc1ccccc1NC(=O)C1CC1c1c(F)cccc1Cl. The number of para-hydroxylation sites is 1. The van der Waals surface area contributed by atoms with Gasteiger partial charge in [-0.1, -0.05) is 42.8 Å². The van der Waals surface area contributed by atoms with Gasteiger partial charge >= 0.3 is 0 Å². The molecule has 2 aromatic carbocycles. The van der Waals surface area contributed by atoms with Crippen LogP contribution in [0.5, 0.6) is 0 Å². The van der Waals surface area contributed by atoms with Gasteiger partial charge in [0.1, 0.15) is 5.82 Å². The lowest BCUT2D eigenvalue weighted by atomic mass is 10.1. The summed E-state index contributed by atoms with van der Waals surface area (Å²) in [6.07, 6.45) is 0.627. The summed E-state index contributed by atoms with van der Waals surface area (Å²) in [5, 5.41) is 6.62. The minimum Gasteiger partial charge on any atom is -0.326 e. The van der Waals surface area contributed by atoms with Crippen molar-refractivity contribution in [2.24, 2.45) is 5.92 Å². The van der Waals surface area contributed by atoms with Gasteiger partial charge in [-0.25, -0.2) is 4.39 Å². The van der Waals surface area contributed by atoms with Crippen molar-refractivity contribution in [2.45, 2.75) is 25.8 Å². The molecule has 0 saturated heterocycles. The Morgan fingerprint density at radius 3 is 2.79 bits per heavy atom. The Balaban J connectivity index is 1.70. The number of carbonyl (C=O) groups excluding carboxylic acids is 1. The third-order valence-corrected chi connectivity index (χ3v) is 4.67. The molecule has 0 bridgehead atoms. The van der Waals surface area contributed by atoms with E-state index in [-0.39, 0.29) is 23.6 Å². The lowest BCUT2D eigenvalue weighted by molar-refractivity contribution is -0.117. The number of halogens is 2.